The molecule has 2 heterocycles. The Hall–Kier alpha value is -0.940. The molecule has 5 heteroatoms. The molecule has 0 atom stereocenters. The number of nitrogens with one attached hydrogen (secondary N) is 1. The molecule has 1 saturated carbocycles. The van der Waals surface area contributed by atoms with Gasteiger partial charge in [-0.3, -0.25) is 0 Å². The van der Waals surface area contributed by atoms with Crippen LogP contribution in [0, 0.1) is 0 Å². The first kappa shape index (κ1) is 9.30. The Labute approximate surface area is 88.8 Å². The SMILES string of the molecule is CC1(OCc2nncn2C2CC2)CNC1. The van der Waals surface area contributed by atoms with Gasteiger partial charge in [0.05, 0.1) is 5.60 Å². The largest absolute Gasteiger partial charge is 0.365 e. The molecule has 3 rings (SSSR count). The van der Waals surface area contributed by atoms with E-state index in [4.69, 9.17) is 4.74 Å². The van der Waals surface area contributed by atoms with Crippen LogP contribution in [0.3, 0.4) is 0 Å². The summed E-state index contributed by atoms with van der Waals surface area (Å²) >= 11 is 0. The van der Waals surface area contributed by atoms with Crippen LogP contribution in [0.4, 0.5) is 0 Å². The van der Waals surface area contributed by atoms with Crippen molar-refractivity contribution in [2.75, 3.05) is 13.1 Å². The molecule has 15 heavy (non-hydrogen) atoms. The predicted molar refractivity (Wildman–Crippen MR) is 54.4 cm³/mol. The first-order valence-electron chi connectivity index (χ1n) is 5.50. The van der Waals surface area contributed by atoms with Crippen molar-refractivity contribution in [3.05, 3.63) is 12.2 Å². The van der Waals surface area contributed by atoms with Gasteiger partial charge in [0.15, 0.2) is 5.82 Å². The Morgan fingerprint density at radius 1 is 1.60 bits per heavy atom. The summed E-state index contributed by atoms with van der Waals surface area (Å²) in [6.07, 6.45) is 4.32. The minimum absolute atomic E-state index is 0.000328. The lowest BCUT2D eigenvalue weighted by Gasteiger charge is -2.38. The van der Waals surface area contributed by atoms with Crippen LogP contribution < -0.4 is 5.32 Å². The molecule has 1 aliphatic carbocycles. The van der Waals surface area contributed by atoms with Crippen LogP contribution in [-0.2, 0) is 11.3 Å². The summed E-state index contributed by atoms with van der Waals surface area (Å²) in [7, 11) is 0. The number of ether oxygens (including phenoxy) is 1. The fourth-order valence-electron chi connectivity index (χ4n) is 1.85. The molecule has 0 spiro atoms. The van der Waals surface area contributed by atoms with Crippen molar-refractivity contribution in [2.45, 2.75) is 38.0 Å². The summed E-state index contributed by atoms with van der Waals surface area (Å²) in [5.41, 5.74) is 0.000328. The molecular formula is C10H16N4O. The molecule has 0 bridgehead atoms. The minimum atomic E-state index is 0.000328. The maximum Gasteiger partial charge on any atom is 0.159 e. The fourth-order valence-corrected chi connectivity index (χ4v) is 1.85. The Morgan fingerprint density at radius 2 is 2.40 bits per heavy atom. The molecule has 0 unspecified atom stereocenters. The normalized spacial score (nSPS) is 23.8. The quantitative estimate of drug-likeness (QED) is 0.782. The van der Waals surface area contributed by atoms with E-state index < -0.39 is 0 Å². The van der Waals surface area contributed by atoms with E-state index in [-0.39, 0.29) is 5.60 Å². The van der Waals surface area contributed by atoms with Gasteiger partial charge in [-0.2, -0.15) is 0 Å². The minimum Gasteiger partial charge on any atom is -0.365 e. The van der Waals surface area contributed by atoms with Crippen molar-refractivity contribution in [1.82, 2.24) is 20.1 Å². The van der Waals surface area contributed by atoms with Crippen LogP contribution in [-0.4, -0.2) is 33.5 Å². The van der Waals surface area contributed by atoms with Gasteiger partial charge >= 0.3 is 0 Å². The van der Waals surface area contributed by atoms with Crippen LogP contribution in [0.5, 0.6) is 0 Å². The van der Waals surface area contributed by atoms with Gasteiger partial charge in [0.2, 0.25) is 0 Å². The van der Waals surface area contributed by atoms with E-state index in [2.05, 4.69) is 27.0 Å². The van der Waals surface area contributed by atoms with Gasteiger partial charge in [0, 0.05) is 19.1 Å². The van der Waals surface area contributed by atoms with Gasteiger partial charge < -0.3 is 14.6 Å². The Bertz CT molecular complexity index is 354. The first-order chi connectivity index (χ1) is 7.27. The average molecular weight is 208 g/mol. The van der Waals surface area contributed by atoms with Gasteiger partial charge in [0.1, 0.15) is 12.9 Å². The van der Waals surface area contributed by atoms with Crippen LogP contribution in [0.25, 0.3) is 0 Å². The summed E-state index contributed by atoms with van der Waals surface area (Å²) in [4.78, 5) is 0. The summed E-state index contributed by atoms with van der Waals surface area (Å²) in [5, 5.41) is 11.3. The van der Waals surface area contributed by atoms with Gasteiger partial charge in [-0.05, 0) is 19.8 Å². The molecule has 5 nitrogen and oxygen atoms in total. The second-order valence-corrected chi connectivity index (χ2v) is 4.73. The van der Waals surface area contributed by atoms with E-state index >= 15 is 0 Å². The molecule has 0 aromatic carbocycles. The Morgan fingerprint density at radius 3 is 3.00 bits per heavy atom. The molecule has 0 radical (unpaired) electrons. The highest BCUT2D eigenvalue weighted by atomic mass is 16.5. The molecule has 1 saturated heterocycles. The van der Waals surface area contributed by atoms with Crippen LogP contribution in [0.15, 0.2) is 6.33 Å². The van der Waals surface area contributed by atoms with E-state index in [0.29, 0.717) is 12.6 Å². The summed E-state index contributed by atoms with van der Waals surface area (Å²) in [6.45, 7) is 4.57. The number of aromatic nitrogens is 3. The third-order valence-corrected chi connectivity index (χ3v) is 3.14. The van der Waals surface area contributed by atoms with Crippen molar-refractivity contribution in [3.8, 4) is 0 Å². The van der Waals surface area contributed by atoms with Crippen molar-refractivity contribution < 1.29 is 4.74 Å². The average Bonchev–Trinajstić information content (AvgIpc) is 2.92. The standard InChI is InChI=1S/C10H16N4O/c1-10(5-11-6-10)15-4-9-13-12-7-14(9)8-2-3-8/h7-8,11H,2-6H2,1H3. The van der Waals surface area contributed by atoms with E-state index in [9.17, 15) is 0 Å². The van der Waals surface area contributed by atoms with Crippen molar-refractivity contribution in [3.63, 3.8) is 0 Å². The summed E-state index contributed by atoms with van der Waals surface area (Å²) in [5.74, 6) is 0.964. The third kappa shape index (κ3) is 1.77. The fraction of sp³-hybridized carbons (Fsp3) is 0.800. The second kappa shape index (κ2) is 3.28. The van der Waals surface area contributed by atoms with Crippen LogP contribution >= 0.6 is 0 Å². The first-order valence-corrected chi connectivity index (χ1v) is 5.50. The van der Waals surface area contributed by atoms with E-state index in [0.717, 1.165) is 18.9 Å². The lowest BCUT2D eigenvalue weighted by atomic mass is 10.0. The zero-order valence-corrected chi connectivity index (χ0v) is 8.94. The molecule has 1 N–H and O–H groups in total. The Kier molecular flexibility index (Phi) is 2.03. The number of rotatable bonds is 4. The van der Waals surface area contributed by atoms with Crippen molar-refractivity contribution in [2.24, 2.45) is 0 Å². The van der Waals surface area contributed by atoms with Gasteiger partial charge in [-0.1, -0.05) is 0 Å². The van der Waals surface area contributed by atoms with E-state index in [1.165, 1.54) is 12.8 Å². The van der Waals surface area contributed by atoms with Gasteiger partial charge in [-0.25, -0.2) is 0 Å². The Balaban J connectivity index is 1.63. The van der Waals surface area contributed by atoms with Crippen LogP contribution in [0.1, 0.15) is 31.6 Å². The zero-order valence-electron chi connectivity index (χ0n) is 8.94. The molecule has 0 amide bonds. The molecular weight excluding hydrogens is 192 g/mol. The van der Waals surface area contributed by atoms with Gasteiger partial charge in [-0.15, -0.1) is 10.2 Å². The highest BCUT2D eigenvalue weighted by molar-refractivity contribution is 4.95. The zero-order chi connectivity index (χ0) is 10.3. The van der Waals surface area contributed by atoms with E-state index in [1.807, 2.05) is 6.33 Å². The molecule has 1 aliphatic heterocycles. The maximum absolute atomic E-state index is 5.84. The monoisotopic (exact) mass is 208 g/mol. The van der Waals surface area contributed by atoms with Crippen molar-refractivity contribution >= 4 is 0 Å². The smallest absolute Gasteiger partial charge is 0.159 e. The molecule has 1 aromatic rings. The highest BCUT2D eigenvalue weighted by Crippen LogP contribution is 2.35. The van der Waals surface area contributed by atoms with Gasteiger partial charge in [0.25, 0.3) is 0 Å². The predicted octanol–water partition coefficient (Wildman–Crippen LogP) is 0.491. The molecule has 82 valence electrons. The summed E-state index contributed by atoms with van der Waals surface area (Å²) < 4.78 is 7.99. The lowest BCUT2D eigenvalue weighted by molar-refractivity contribution is -0.0798. The summed E-state index contributed by atoms with van der Waals surface area (Å²) in [6, 6.07) is 0.630. The van der Waals surface area contributed by atoms with Crippen LogP contribution in [0.2, 0.25) is 0 Å². The third-order valence-electron chi connectivity index (χ3n) is 3.14. The number of hydrogen-bond acceptors (Lipinski definition) is 4. The number of nitrogens with zero attached hydrogens (tertiary/aromatic N) is 3. The van der Waals surface area contributed by atoms with Crippen molar-refractivity contribution in [1.29, 1.82) is 0 Å². The lowest BCUT2D eigenvalue weighted by Crippen LogP contribution is -2.58. The topological polar surface area (TPSA) is 52.0 Å². The molecule has 2 aliphatic rings. The maximum atomic E-state index is 5.84. The van der Waals surface area contributed by atoms with E-state index in [1.54, 1.807) is 0 Å². The second-order valence-electron chi connectivity index (χ2n) is 4.73. The highest BCUT2D eigenvalue weighted by Gasteiger charge is 2.33. The molecule has 2 fully saturated rings. The molecule has 1 aromatic heterocycles. The number of hydrogen-bond donors (Lipinski definition) is 1.